The van der Waals surface area contributed by atoms with Crippen LogP contribution in [0.1, 0.15) is 22.3 Å². The van der Waals surface area contributed by atoms with Gasteiger partial charge in [0.25, 0.3) is 5.91 Å². The summed E-state index contributed by atoms with van der Waals surface area (Å²) in [6.45, 7) is 0.714. The second-order valence-electron chi connectivity index (χ2n) is 6.68. The van der Waals surface area contributed by atoms with Gasteiger partial charge in [0.1, 0.15) is 5.56 Å². The van der Waals surface area contributed by atoms with Crippen molar-refractivity contribution < 1.29 is 4.79 Å². The number of hydrogen-bond acceptors (Lipinski definition) is 3. The minimum atomic E-state index is -0.0464. The van der Waals surface area contributed by atoms with E-state index in [-0.39, 0.29) is 5.91 Å². The molecular formula is C22H18N4O. The van der Waals surface area contributed by atoms with E-state index in [2.05, 4.69) is 16.1 Å². The third kappa shape index (κ3) is 2.59. The van der Waals surface area contributed by atoms with Crippen LogP contribution >= 0.6 is 0 Å². The molecule has 4 aromatic rings. The third-order valence-electron chi connectivity index (χ3n) is 5.06. The summed E-state index contributed by atoms with van der Waals surface area (Å²) in [4.78, 5) is 19.6. The van der Waals surface area contributed by atoms with E-state index >= 15 is 0 Å². The Morgan fingerprint density at radius 3 is 2.67 bits per heavy atom. The normalized spacial score (nSPS) is 13.6. The fourth-order valence-electron chi connectivity index (χ4n) is 3.76. The van der Waals surface area contributed by atoms with Crippen molar-refractivity contribution in [3.8, 4) is 11.3 Å². The van der Waals surface area contributed by atoms with Gasteiger partial charge in [0.2, 0.25) is 0 Å². The number of rotatable bonds is 2. The molecule has 0 aliphatic carbocycles. The molecule has 0 atom stereocenters. The number of nitrogens with zero attached hydrogens (tertiary/aromatic N) is 4. The van der Waals surface area contributed by atoms with Gasteiger partial charge in [-0.25, -0.2) is 9.50 Å². The Bertz CT molecular complexity index is 1130. The van der Waals surface area contributed by atoms with Gasteiger partial charge in [-0.05, 0) is 30.5 Å². The molecule has 2 aromatic carbocycles. The monoisotopic (exact) mass is 354 g/mol. The third-order valence-corrected chi connectivity index (χ3v) is 5.06. The van der Waals surface area contributed by atoms with Gasteiger partial charge in [-0.1, -0.05) is 48.5 Å². The van der Waals surface area contributed by atoms with Crippen LogP contribution in [-0.4, -0.2) is 27.0 Å². The minimum Gasteiger partial charge on any atom is -0.308 e. The van der Waals surface area contributed by atoms with Crippen LogP contribution in [0.4, 0.5) is 5.69 Å². The van der Waals surface area contributed by atoms with Crippen molar-refractivity contribution >= 4 is 17.2 Å². The van der Waals surface area contributed by atoms with Crippen molar-refractivity contribution in [2.24, 2.45) is 0 Å². The molecule has 0 saturated heterocycles. The van der Waals surface area contributed by atoms with E-state index in [0.29, 0.717) is 17.8 Å². The van der Waals surface area contributed by atoms with Gasteiger partial charge in [-0.15, -0.1) is 0 Å². The average molecular weight is 354 g/mol. The first-order valence-corrected chi connectivity index (χ1v) is 9.11. The summed E-state index contributed by atoms with van der Waals surface area (Å²) in [5.41, 5.74) is 5.28. The topological polar surface area (TPSA) is 50.5 Å². The summed E-state index contributed by atoms with van der Waals surface area (Å²) in [5, 5.41) is 4.47. The van der Waals surface area contributed by atoms with Gasteiger partial charge in [-0.2, -0.15) is 5.10 Å². The lowest BCUT2D eigenvalue weighted by atomic mass is 10.0. The highest BCUT2D eigenvalue weighted by Crippen LogP contribution is 2.29. The molecule has 0 unspecified atom stereocenters. The predicted octanol–water partition coefficient (Wildman–Crippen LogP) is 3.99. The molecule has 0 fully saturated rings. The molecule has 0 spiro atoms. The highest BCUT2D eigenvalue weighted by Gasteiger charge is 2.26. The summed E-state index contributed by atoms with van der Waals surface area (Å²) in [6.07, 6.45) is 5.34. The zero-order chi connectivity index (χ0) is 18.2. The molecular weight excluding hydrogens is 336 g/mol. The molecule has 132 valence electrons. The van der Waals surface area contributed by atoms with Gasteiger partial charge >= 0.3 is 0 Å². The molecule has 27 heavy (non-hydrogen) atoms. The number of anilines is 1. The summed E-state index contributed by atoms with van der Waals surface area (Å²) < 4.78 is 1.75. The van der Waals surface area contributed by atoms with Crippen molar-refractivity contribution in [3.63, 3.8) is 0 Å². The van der Waals surface area contributed by atoms with E-state index in [0.717, 1.165) is 29.8 Å². The second kappa shape index (κ2) is 6.36. The molecule has 5 nitrogen and oxygen atoms in total. The van der Waals surface area contributed by atoms with Crippen LogP contribution in [-0.2, 0) is 6.42 Å². The zero-order valence-electron chi connectivity index (χ0n) is 14.7. The Balaban J connectivity index is 1.60. The first-order valence-electron chi connectivity index (χ1n) is 9.11. The number of benzene rings is 2. The number of aromatic nitrogens is 3. The van der Waals surface area contributed by atoms with Crippen molar-refractivity contribution in [1.29, 1.82) is 0 Å². The zero-order valence-corrected chi connectivity index (χ0v) is 14.7. The molecule has 0 saturated carbocycles. The Labute approximate surface area is 156 Å². The highest BCUT2D eigenvalue weighted by atomic mass is 16.2. The van der Waals surface area contributed by atoms with E-state index in [1.165, 1.54) is 5.56 Å². The molecule has 0 N–H and O–H groups in total. The number of carbonyl (C=O) groups excluding carboxylic acids is 1. The Hall–Kier alpha value is -3.47. The lowest BCUT2D eigenvalue weighted by Gasteiger charge is -2.29. The van der Waals surface area contributed by atoms with Crippen molar-refractivity contribution in [2.45, 2.75) is 12.8 Å². The standard InChI is InChI=1S/C22H18N4O/c27-22(25-14-6-10-16-9-4-5-11-19(16)25)18-15-24-26-20(12-13-23-21(18)26)17-7-2-1-3-8-17/h1-5,7-9,11-13,15H,6,10,14H2. The Morgan fingerprint density at radius 1 is 0.963 bits per heavy atom. The van der Waals surface area contributed by atoms with E-state index in [9.17, 15) is 4.79 Å². The second-order valence-corrected chi connectivity index (χ2v) is 6.68. The fourth-order valence-corrected chi connectivity index (χ4v) is 3.76. The van der Waals surface area contributed by atoms with E-state index in [1.807, 2.05) is 59.5 Å². The maximum atomic E-state index is 13.3. The van der Waals surface area contributed by atoms with E-state index < -0.39 is 0 Å². The summed E-state index contributed by atoms with van der Waals surface area (Å²) in [5.74, 6) is -0.0464. The maximum Gasteiger partial charge on any atom is 0.263 e. The SMILES string of the molecule is O=C(c1cnn2c(-c3ccccc3)ccnc12)N1CCCc2ccccc21. The Kier molecular flexibility index (Phi) is 3.71. The minimum absolute atomic E-state index is 0.0464. The van der Waals surface area contributed by atoms with Crippen molar-refractivity contribution in [2.75, 3.05) is 11.4 Å². The number of amides is 1. The van der Waals surface area contributed by atoms with Gasteiger partial charge in [-0.3, -0.25) is 4.79 Å². The largest absolute Gasteiger partial charge is 0.308 e. The van der Waals surface area contributed by atoms with Gasteiger partial charge in [0, 0.05) is 24.0 Å². The Morgan fingerprint density at radius 2 is 1.78 bits per heavy atom. The van der Waals surface area contributed by atoms with Crippen LogP contribution < -0.4 is 4.90 Å². The van der Waals surface area contributed by atoms with Crippen LogP contribution in [0, 0.1) is 0 Å². The van der Waals surface area contributed by atoms with Crippen LogP contribution in [0.15, 0.2) is 73.1 Å². The number of aryl methyl sites for hydroxylation is 1. The van der Waals surface area contributed by atoms with Crippen LogP contribution in [0.25, 0.3) is 16.9 Å². The first-order chi connectivity index (χ1) is 13.3. The van der Waals surface area contributed by atoms with Crippen molar-refractivity contribution in [1.82, 2.24) is 14.6 Å². The molecule has 0 radical (unpaired) electrons. The van der Waals surface area contributed by atoms with Gasteiger partial charge in [0.05, 0.1) is 11.9 Å². The first kappa shape index (κ1) is 15.8. The van der Waals surface area contributed by atoms with Crippen LogP contribution in [0.3, 0.4) is 0 Å². The maximum absolute atomic E-state index is 13.3. The highest BCUT2D eigenvalue weighted by molar-refractivity contribution is 6.10. The number of para-hydroxylation sites is 1. The summed E-state index contributed by atoms with van der Waals surface area (Å²) >= 11 is 0. The number of fused-ring (bicyclic) bond motifs is 2. The molecule has 3 heterocycles. The lowest BCUT2D eigenvalue weighted by molar-refractivity contribution is 0.0986. The molecule has 5 rings (SSSR count). The summed E-state index contributed by atoms with van der Waals surface area (Å²) in [7, 11) is 0. The van der Waals surface area contributed by atoms with Crippen LogP contribution in [0.5, 0.6) is 0 Å². The number of carbonyl (C=O) groups is 1. The molecule has 5 heteroatoms. The quantitative estimate of drug-likeness (QED) is 0.547. The summed E-state index contributed by atoms with van der Waals surface area (Å²) in [6, 6.07) is 20.0. The average Bonchev–Trinajstić information content (AvgIpc) is 3.18. The molecule has 2 aromatic heterocycles. The molecule has 1 aliphatic rings. The molecule has 1 amide bonds. The lowest BCUT2D eigenvalue weighted by Crippen LogP contribution is -2.35. The van der Waals surface area contributed by atoms with Crippen LogP contribution in [0.2, 0.25) is 0 Å². The molecule has 1 aliphatic heterocycles. The van der Waals surface area contributed by atoms with E-state index in [4.69, 9.17) is 0 Å². The predicted molar refractivity (Wildman–Crippen MR) is 105 cm³/mol. The van der Waals surface area contributed by atoms with Gasteiger partial charge < -0.3 is 4.90 Å². The molecule has 0 bridgehead atoms. The number of hydrogen-bond donors (Lipinski definition) is 0. The fraction of sp³-hybridized carbons (Fsp3) is 0.136. The smallest absolute Gasteiger partial charge is 0.263 e. The van der Waals surface area contributed by atoms with E-state index in [1.54, 1.807) is 16.9 Å². The van der Waals surface area contributed by atoms with Gasteiger partial charge in [0.15, 0.2) is 5.65 Å². The van der Waals surface area contributed by atoms with Crippen molar-refractivity contribution in [3.05, 3.63) is 84.2 Å².